The minimum Gasteiger partial charge on any atom is -0.487 e. The molecule has 0 fully saturated rings. The summed E-state index contributed by atoms with van der Waals surface area (Å²) in [6.45, 7) is 8.75. The van der Waals surface area contributed by atoms with Crippen LogP contribution in [-0.2, 0) is 6.54 Å². The third-order valence-electron chi connectivity index (χ3n) is 2.89. The van der Waals surface area contributed by atoms with Gasteiger partial charge in [0.2, 0.25) is 0 Å². The Morgan fingerprint density at radius 3 is 2.36 bits per heavy atom. The van der Waals surface area contributed by atoms with E-state index in [4.69, 9.17) is 9.47 Å². The summed E-state index contributed by atoms with van der Waals surface area (Å²) in [5.74, 6) is 1.54. The van der Waals surface area contributed by atoms with Crippen LogP contribution in [0.5, 0.6) is 11.5 Å². The van der Waals surface area contributed by atoms with E-state index in [0.717, 1.165) is 29.3 Å². The van der Waals surface area contributed by atoms with Gasteiger partial charge in [0.05, 0.1) is 12.2 Å². The average molecular weight is 300 g/mol. The number of pyridine rings is 1. The number of rotatable bonds is 7. The smallest absolute Gasteiger partial charge is 0.163 e. The first kappa shape index (κ1) is 16.1. The SMILES string of the molecule is CC(C)Oc1ccc(NCc2cccnc2)cc1OC(C)C. The number of nitrogens with one attached hydrogen (secondary N) is 1. The van der Waals surface area contributed by atoms with Crippen LogP contribution in [0.15, 0.2) is 42.7 Å². The lowest BCUT2D eigenvalue weighted by molar-refractivity contribution is 0.199. The van der Waals surface area contributed by atoms with E-state index in [9.17, 15) is 0 Å². The molecule has 0 unspecified atom stereocenters. The minimum absolute atomic E-state index is 0.100. The molecule has 0 aliphatic rings. The maximum Gasteiger partial charge on any atom is 0.163 e. The molecule has 0 aliphatic carbocycles. The van der Waals surface area contributed by atoms with Crippen LogP contribution in [0.4, 0.5) is 5.69 Å². The average Bonchev–Trinajstić information content (AvgIpc) is 2.47. The van der Waals surface area contributed by atoms with Crippen LogP contribution in [0.25, 0.3) is 0 Å². The standard InChI is InChI=1S/C18H24N2O2/c1-13(2)21-17-8-7-16(10-18(17)22-14(3)4)20-12-15-6-5-9-19-11-15/h5-11,13-14,20H,12H2,1-4H3. The normalized spacial score (nSPS) is 10.8. The lowest BCUT2D eigenvalue weighted by atomic mass is 10.2. The monoisotopic (exact) mass is 300 g/mol. The Labute approximate surface area is 132 Å². The third-order valence-corrected chi connectivity index (χ3v) is 2.89. The predicted molar refractivity (Wildman–Crippen MR) is 89.5 cm³/mol. The predicted octanol–water partition coefficient (Wildman–Crippen LogP) is 4.27. The van der Waals surface area contributed by atoms with Crippen LogP contribution in [0.1, 0.15) is 33.3 Å². The molecule has 4 heteroatoms. The molecule has 0 radical (unpaired) electrons. The molecule has 4 nitrogen and oxygen atoms in total. The quantitative estimate of drug-likeness (QED) is 0.829. The van der Waals surface area contributed by atoms with Gasteiger partial charge in [0, 0.05) is 30.7 Å². The number of hydrogen-bond acceptors (Lipinski definition) is 4. The van der Waals surface area contributed by atoms with E-state index in [-0.39, 0.29) is 12.2 Å². The van der Waals surface area contributed by atoms with Crippen LogP contribution >= 0.6 is 0 Å². The van der Waals surface area contributed by atoms with Gasteiger partial charge in [-0.15, -0.1) is 0 Å². The molecule has 118 valence electrons. The zero-order chi connectivity index (χ0) is 15.9. The maximum absolute atomic E-state index is 5.86. The van der Waals surface area contributed by atoms with Crippen molar-refractivity contribution in [2.75, 3.05) is 5.32 Å². The number of hydrogen-bond donors (Lipinski definition) is 1. The van der Waals surface area contributed by atoms with Crippen molar-refractivity contribution in [3.05, 3.63) is 48.3 Å². The van der Waals surface area contributed by atoms with Crippen molar-refractivity contribution in [3.63, 3.8) is 0 Å². The van der Waals surface area contributed by atoms with Gasteiger partial charge in [0.1, 0.15) is 0 Å². The van der Waals surface area contributed by atoms with E-state index in [2.05, 4.69) is 10.3 Å². The van der Waals surface area contributed by atoms with Crippen LogP contribution in [0.2, 0.25) is 0 Å². The van der Waals surface area contributed by atoms with Crippen LogP contribution in [0.3, 0.4) is 0 Å². The van der Waals surface area contributed by atoms with Gasteiger partial charge in [-0.05, 0) is 51.5 Å². The van der Waals surface area contributed by atoms with Crippen LogP contribution in [-0.4, -0.2) is 17.2 Å². The molecule has 0 amide bonds. The Morgan fingerprint density at radius 1 is 1.00 bits per heavy atom. The van der Waals surface area contributed by atoms with Crippen molar-refractivity contribution in [2.45, 2.75) is 46.4 Å². The second-order valence-electron chi connectivity index (χ2n) is 5.71. The molecule has 2 aromatic rings. The largest absolute Gasteiger partial charge is 0.487 e. The molecule has 1 N–H and O–H groups in total. The summed E-state index contributed by atoms with van der Waals surface area (Å²) in [5, 5.41) is 3.38. The number of anilines is 1. The fourth-order valence-corrected chi connectivity index (χ4v) is 2.02. The molecule has 1 heterocycles. The summed E-state index contributed by atoms with van der Waals surface area (Å²) in [4.78, 5) is 4.12. The molecular formula is C18H24N2O2. The van der Waals surface area contributed by atoms with Crippen molar-refractivity contribution in [3.8, 4) is 11.5 Å². The lowest BCUT2D eigenvalue weighted by Crippen LogP contribution is -2.11. The molecule has 0 saturated carbocycles. The van der Waals surface area contributed by atoms with Gasteiger partial charge in [-0.2, -0.15) is 0 Å². The highest BCUT2D eigenvalue weighted by molar-refractivity contribution is 5.55. The van der Waals surface area contributed by atoms with Crippen molar-refractivity contribution in [1.29, 1.82) is 0 Å². The van der Waals surface area contributed by atoms with Crippen LogP contribution in [0, 0.1) is 0 Å². The zero-order valence-corrected chi connectivity index (χ0v) is 13.7. The molecular weight excluding hydrogens is 276 g/mol. The first-order valence-electron chi connectivity index (χ1n) is 7.64. The Kier molecular flexibility index (Phi) is 5.64. The molecule has 0 saturated heterocycles. The number of ether oxygens (including phenoxy) is 2. The summed E-state index contributed by atoms with van der Waals surface area (Å²) < 4.78 is 11.7. The summed E-state index contributed by atoms with van der Waals surface area (Å²) in [5.41, 5.74) is 2.13. The highest BCUT2D eigenvalue weighted by Gasteiger charge is 2.10. The van der Waals surface area contributed by atoms with Crippen molar-refractivity contribution < 1.29 is 9.47 Å². The Balaban J connectivity index is 2.11. The molecule has 1 aromatic heterocycles. The van der Waals surface area contributed by atoms with Crippen LogP contribution < -0.4 is 14.8 Å². The zero-order valence-electron chi connectivity index (χ0n) is 13.7. The van der Waals surface area contributed by atoms with Crippen molar-refractivity contribution in [1.82, 2.24) is 4.98 Å². The van der Waals surface area contributed by atoms with E-state index in [0.29, 0.717) is 0 Å². The van der Waals surface area contributed by atoms with E-state index < -0.39 is 0 Å². The molecule has 0 bridgehead atoms. The summed E-state index contributed by atoms with van der Waals surface area (Å²) in [6.07, 6.45) is 3.84. The van der Waals surface area contributed by atoms with Gasteiger partial charge < -0.3 is 14.8 Å². The first-order valence-corrected chi connectivity index (χ1v) is 7.64. The number of benzene rings is 1. The van der Waals surface area contributed by atoms with E-state index in [1.165, 1.54) is 0 Å². The number of nitrogens with zero attached hydrogens (tertiary/aromatic N) is 1. The molecule has 2 rings (SSSR count). The van der Waals surface area contributed by atoms with E-state index >= 15 is 0 Å². The Hall–Kier alpha value is -2.23. The van der Waals surface area contributed by atoms with E-state index in [1.54, 1.807) is 6.20 Å². The van der Waals surface area contributed by atoms with Crippen molar-refractivity contribution >= 4 is 5.69 Å². The molecule has 1 aromatic carbocycles. The Morgan fingerprint density at radius 2 is 1.73 bits per heavy atom. The first-order chi connectivity index (χ1) is 10.5. The molecule has 0 spiro atoms. The minimum atomic E-state index is 0.100. The highest BCUT2D eigenvalue weighted by atomic mass is 16.5. The van der Waals surface area contributed by atoms with Gasteiger partial charge in [-0.3, -0.25) is 4.98 Å². The Bertz CT molecular complexity index is 583. The van der Waals surface area contributed by atoms with Gasteiger partial charge >= 0.3 is 0 Å². The topological polar surface area (TPSA) is 43.4 Å². The second kappa shape index (κ2) is 7.69. The molecule has 0 aliphatic heterocycles. The fraction of sp³-hybridized carbons (Fsp3) is 0.389. The maximum atomic E-state index is 5.86. The fourth-order valence-electron chi connectivity index (χ4n) is 2.02. The third kappa shape index (κ3) is 4.95. The van der Waals surface area contributed by atoms with Gasteiger partial charge in [-0.1, -0.05) is 6.07 Å². The van der Waals surface area contributed by atoms with Gasteiger partial charge in [-0.25, -0.2) is 0 Å². The molecule has 22 heavy (non-hydrogen) atoms. The summed E-state index contributed by atoms with van der Waals surface area (Å²) in [7, 11) is 0. The lowest BCUT2D eigenvalue weighted by Gasteiger charge is -2.18. The summed E-state index contributed by atoms with van der Waals surface area (Å²) >= 11 is 0. The highest BCUT2D eigenvalue weighted by Crippen LogP contribution is 2.32. The summed E-state index contributed by atoms with van der Waals surface area (Å²) in [6, 6.07) is 9.91. The van der Waals surface area contributed by atoms with Gasteiger partial charge in [0.25, 0.3) is 0 Å². The molecule has 0 atom stereocenters. The number of aromatic nitrogens is 1. The van der Waals surface area contributed by atoms with Crippen molar-refractivity contribution in [2.24, 2.45) is 0 Å². The van der Waals surface area contributed by atoms with Gasteiger partial charge in [0.15, 0.2) is 11.5 Å². The second-order valence-corrected chi connectivity index (χ2v) is 5.71. The van der Waals surface area contributed by atoms with E-state index in [1.807, 2.05) is 64.2 Å².